The molecule has 0 saturated heterocycles. The van der Waals surface area contributed by atoms with Crippen LogP contribution < -0.4 is 16.8 Å². The molecular weight excluding hydrogens is 170 g/mol. The Labute approximate surface area is 74.8 Å². The summed E-state index contributed by atoms with van der Waals surface area (Å²) in [6.45, 7) is 1.72. The molecule has 70 valence electrons. The fraction of sp³-hybridized carbons (Fsp3) is 0.286. The van der Waals surface area contributed by atoms with Crippen LogP contribution >= 0.6 is 0 Å². The summed E-state index contributed by atoms with van der Waals surface area (Å²) in [4.78, 5) is 0. The second kappa shape index (κ2) is 2.17. The standard InChI is InChI=1S/C7H11N5O/c1-7(9)2-5(13)11-6-4(8)3-10-12(6)7/h2-3,11,13H,8-9H2,1H3. The molecule has 0 saturated carbocycles. The van der Waals surface area contributed by atoms with Crippen molar-refractivity contribution in [1.29, 1.82) is 0 Å². The van der Waals surface area contributed by atoms with Crippen molar-refractivity contribution in [1.82, 2.24) is 9.78 Å². The van der Waals surface area contributed by atoms with Crippen LogP contribution in [0.2, 0.25) is 0 Å². The first-order valence-electron chi connectivity index (χ1n) is 3.82. The van der Waals surface area contributed by atoms with E-state index in [0.29, 0.717) is 11.5 Å². The maximum atomic E-state index is 9.31. The summed E-state index contributed by atoms with van der Waals surface area (Å²) < 4.78 is 1.52. The van der Waals surface area contributed by atoms with Gasteiger partial charge in [-0.3, -0.25) is 0 Å². The number of aromatic nitrogens is 2. The van der Waals surface area contributed by atoms with E-state index in [-0.39, 0.29) is 5.88 Å². The van der Waals surface area contributed by atoms with Crippen LogP contribution in [0.4, 0.5) is 11.5 Å². The molecule has 6 nitrogen and oxygen atoms in total. The molecule has 0 aromatic carbocycles. The quantitative estimate of drug-likeness (QED) is 0.448. The number of nitrogens with two attached hydrogens (primary N) is 2. The molecule has 6 N–H and O–H groups in total. The molecular formula is C7H11N5O. The van der Waals surface area contributed by atoms with Crippen molar-refractivity contribution in [2.45, 2.75) is 12.6 Å². The van der Waals surface area contributed by atoms with E-state index in [9.17, 15) is 5.11 Å². The first-order chi connectivity index (χ1) is 6.00. The van der Waals surface area contributed by atoms with E-state index in [1.807, 2.05) is 0 Å². The lowest BCUT2D eigenvalue weighted by Gasteiger charge is -2.28. The Hall–Kier alpha value is -1.69. The van der Waals surface area contributed by atoms with E-state index in [2.05, 4.69) is 10.4 Å². The van der Waals surface area contributed by atoms with Crippen molar-refractivity contribution < 1.29 is 5.11 Å². The highest BCUT2D eigenvalue weighted by Gasteiger charge is 2.28. The molecule has 0 radical (unpaired) electrons. The third-order valence-corrected chi connectivity index (χ3v) is 1.93. The normalized spacial score (nSPS) is 26.2. The van der Waals surface area contributed by atoms with E-state index in [1.54, 1.807) is 6.92 Å². The minimum atomic E-state index is -0.845. The molecule has 1 aliphatic rings. The van der Waals surface area contributed by atoms with Crippen LogP contribution in [0.15, 0.2) is 18.2 Å². The summed E-state index contributed by atoms with van der Waals surface area (Å²) in [5, 5.41) is 16.0. The van der Waals surface area contributed by atoms with Crippen molar-refractivity contribution >= 4 is 11.5 Å². The molecule has 13 heavy (non-hydrogen) atoms. The molecule has 1 aromatic heterocycles. The molecule has 1 aromatic rings. The zero-order valence-electron chi connectivity index (χ0n) is 7.15. The van der Waals surface area contributed by atoms with Crippen LogP contribution in [0, 0.1) is 0 Å². The Morgan fingerprint density at radius 2 is 2.38 bits per heavy atom. The molecule has 1 aliphatic heterocycles. The first-order valence-corrected chi connectivity index (χ1v) is 3.82. The lowest BCUT2D eigenvalue weighted by molar-refractivity contribution is 0.334. The second-order valence-corrected chi connectivity index (χ2v) is 3.24. The minimum absolute atomic E-state index is 0.00954. The van der Waals surface area contributed by atoms with Gasteiger partial charge in [-0.15, -0.1) is 0 Å². The topological polar surface area (TPSA) is 102 Å². The van der Waals surface area contributed by atoms with Crippen molar-refractivity contribution in [2.24, 2.45) is 5.73 Å². The number of fused-ring (bicyclic) bond motifs is 1. The first kappa shape index (κ1) is 7.93. The largest absolute Gasteiger partial charge is 0.495 e. The lowest BCUT2D eigenvalue weighted by atomic mass is 10.2. The van der Waals surface area contributed by atoms with Gasteiger partial charge >= 0.3 is 0 Å². The van der Waals surface area contributed by atoms with Crippen LogP contribution in [0.1, 0.15) is 6.92 Å². The van der Waals surface area contributed by atoms with E-state index >= 15 is 0 Å². The number of hydrogen-bond donors (Lipinski definition) is 4. The summed E-state index contributed by atoms with van der Waals surface area (Å²) >= 11 is 0. The zero-order valence-corrected chi connectivity index (χ0v) is 7.15. The number of aliphatic hydroxyl groups excluding tert-OH is 1. The molecule has 0 bridgehead atoms. The molecule has 2 heterocycles. The van der Waals surface area contributed by atoms with Crippen LogP contribution in [-0.2, 0) is 5.66 Å². The number of hydrogen-bond acceptors (Lipinski definition) is 5. The fourth-order valence-electron chi connectivity index (χ4n) is 1.35. The molecule has 2 rings (SSSR count). The number of aliphatic hydroxyl groups is 1. The summed E-state index contributed by atoms with van der Waals surface area (Å²) in [5.41, 5.74) is 11.1. The molecule has 1 atom stereocenters. The smallest absolute Gasteiger partial charge is 0.189 e. The Kier molecular flexibility index (Phi) is 1.32. The third-order valence-electron chi connectivity index (χ3n) is 1.93. The molecule has 0 amide bonds. The average molecular weight is 181 g/mol. The van der Waals surface area contributed by atoms with Gasteiger partial charge in [0.05, 0.1) is 11.9 Å². The monoisotopic (exact) mass is 181 g/mol. The SMILES string of the molecule is CC1(N)C=C(O)Nc2c(N)cnn21. The van der Waals surface area contributed by atoms with Gasteiger partial charge < -0.3 is 21.9 Å². The van der Waals surface area contributed by atoms with Crippen LogP contribution in [0.25, 0.3) is 0 Å². The summed E-state index contributed by atoms with van der Waals surface area (Å²) in [5.74, 6) is 0.509. The van der Waals surface area contributed by atoms with Gasteiger partial charge in [0.15, 0.2) is 11.7 Å². The Balaban J connectivity index is 2.60. The maximum absolute atomic E-state index is 9.31. The predicted molar refractivity (Wildman–Crippen MR) is 48.8 cm³/mol. The maximum Gasteiger partial charge on any atom is 0.189 e. The van der Waals surface area contributed by atoms with Gasteiger partial charge in [-0.2, -0.15) is 5.10 Å². The summed E-state index contributed by atoms with van der Waals surface area (Å²) in [6, 6.07) is 0. The van der Waals surface area contributed by atoms with Gasteiger partial charge in [-0.1, -0.05) is 0 Å². The van der Waals surface area contributed by atoms with Gasteiger partial charge in [0.1, 0.15) is 5.66 Å². The van der Waals surface area contributed by atoms with Gasteiger partial charge in [0.25, 0.3) is 0 Å². The van der Waals surface area contributed by atoms with Crippen LogP contribution in [0.3, 0.4) is 0 Å². The Morgan fingerprint density at radius 3 is 3.08 bits per heavy atom. The zero-order chi connectivity index (χ0) is 9.64. The van der Waals surface area contributed by atoms with E-state index in [1.165, 1.54) is 17.0 Å². The number of rotatable bonds is 0. The highest BCUT2D eigenvalue weighted by atomic mass is 16.3. The fourth-order valence-corrected chi connectivity index (χ4v) is 1.35. The van der Waals surface area contributed by atoms with Crippen molar-refractivity contribution in [3.05, 3.63) is 18.2 Å². The number of nitrogens with zero attached hydrogens (tertiary/aromatic N) is 2. The van der Waals surface area contributed by atoms with Crippen LogP contribution in [-0.4, -0.2) is 14.9 Å². The van der Waals surface area contributed by atoms with E-state index in [0.717, 1.165) is 0 Å². The predicted octanol–water partition coefficient (Wildman–Crippen LogP) is -0.0784. The molecule has 0 fully saturated rings. The van der Waals surface area contributed by atoms with E-state index in [4.69, 9.17) is 11.5 Å². The van der Waals surface area contributed by atoms with Gasteiger partial charge in [-0.25, -0.2) is 4.68 Å². The molecule has 1 unspecified atom stereocenters. The molecule has 0 aliphatic carbocycles. The molecule has 0 spiro atoms. The van der Waals surface area contributed by atoms with Gasteiger partial charge in [0, 0.05) is 6.08 Å². The highest BCUT2D eigenvalue weighted by Crippen LogP contribution is 2.28. The van der Waals surface area contributed by atoms with Gasteiger partial charge in [0.2, 0.25) is 0 Å². The average Bonchev–Trinajstić information content (AvgIpc) is 2.31. The highest BCUT2D eigenvalue weighted by molar-refractivity contribution is 5.64. The van der Waals surface area contributed by atoms with Crippen molar-refractivity contribution in [2.75, 3.05) is 11.1 Å². The third kappa shape index (κ3) is 1.03. The van der Waals surface area contributed by atoms with Crippen molar-refractivity contribution in [3.8, 4) is 0 Å². The number of nitrogens with one attached hydrogen (secondary N) is 1. The van der Waals surface area contributed by atoms with E-state index < -0.39 is 5.66 Å². The summed E-state index contributed by atoms with van der Waals surface area (Å²) in [7, 11) is 0. The number of anilines is 2. The van der Waals surface area contributed by atoms with Crippen LogP contribution in [0.5, 0.6) is 0 Å². The lowest BCUT2D eigenvalue weighted by Crippen LogP contribution is -2.42. The Bertz CT molecular complexity index is 378. The Morgan fingerprint density at radius 1 is 1.69 bits per heavy atom. The summed E-state index contributed by atoms with van der Waals surface area (Å²) in [6.07, 6.45) is 2.95. The van der Waals surface area contributed by atoms with Gasteiger partial charge in [-0.05, 0) is 6.92 Å². The molecule has 6 heteroatoms. The minimum Gasteiger partial charge on any atom is -0.495 e. The second-order valence-electron chi connectivity index (χ2n) is 3.24. The number of nitrogen functional groups attached to an aromatic ring is 1. The van der Waals surface area contributed by atoms with Crippen molar-refractivity contribution in [3.63, 3.8) is 0 Å².